The second-order valence-electron chi connectivity index (χ2n) is 4.47. The number of anilines is 1. The van der Waals surface area contributed by atoms with Crippen LogP contribution in [0.25, 0.3) is 0 Å². The van der Waals surface area contributed by atoms with E-state index in [9.17, 15) is 9.18 Å². The summed E-state index contributed by atoms with van der Waals surface area (Å²) in [6.45, 7) is 1.72. The van der Waals surface area contributed by atoms with E-state index in [2.05, 4.69) is 5.32 Å². The van der Waals surface area contributed by atoms with Crippen LogP contribution < -0.4 is 11.1 Å². The smallest absolute Gasteiger partial charge is 0.256 e. The molecule has 0 aliphatic heterocycles. The van der Waals surface area contributed by atoms with Gasteiger partial charge >= 0.3 is 0 Å². The molecule has 0 aliphatic carbocycles. The first-order chi connectivity index (χ1) is 9.88. The predicted molar refractivity (Wildman–Crippen MR) is 86.4 cm³/mol. The van der Waals surface area contributed by atoms with Gasteiger partial charge in [-0.25, -0.2) is 4.39 Å². The first-order valence-electron chi connectivity index (χ1n) is 6.05. The van der Waals surface area contributed by atoms with Crippen LogP contribution in [0.5, 0.6) is 0 Å². The molecule has 0 radical (unpaired) electrons. The summed E-state index contributed by atoms with van der Waals surface area (Å²) in [4.78, 5) is 12.4. The Bertz CT molecular complexity index is 734. The lowest BCUT2D eigenvalue weighted by Gasteiger charge is -2.10. The van der Waals surface area contributed by atoms with E-state index in [1.807, 2.05) is 0 Å². The molecular formula is C15H12ClFN2OS. The Morgan fingerprint density at radius 1 is 1.29 bits per heavy atom. The molecule has 6 heteroatoms. The molecule has 0 unspecified atom stereocenters. The summed E-state index contributed by atoms with van der Waals surface area (Å²) < 4.78 is 13.3. The van der Waals surface area contributed by atoms with Crippen molar-refractivity contribution in [3.05, 3.63) is 63.9 Å². The van der Waals surface area contributed by atoms with E-state index in [4.69, 9.17) is 29.6 Å². The van der Waals surface area contributed by atoms with E-state index in [-0.39, 0.29) is 10.6 Å². The summed E-state index contributed by atoms with van der Waals surface area (Å²) in [6.07, 6.45) is 0. The van der Waals surface area contributed by atoms with Gasteiger partial charge in [-0.3, -0.25) is 4.79 Å². The van der Waals surface area contributed by atoms with Crippen LogP contribution in [-0.2, 0) is 0 Å². The van der Waals surface area contributed by atoms with Crippen LogP contribution in [0, 0.1) is 12.7 Å². The molecule has 108 valence electrons. The van der Waals surface area contributed by atoms with Crippen LogP contribution in [0.3, 0.4) is 0 Å². The van der Waals surface area contributed by atoms with Crippen LogP contribution in [0.2, 0.25) is 5.02 Å². The zero-order chi connectivity index (χ0) is 15.6. The van der Waals surface area contributed by atoms with E-state index in [0.29, 0.717) is 21.8 Å². The molecule has 0 aromatic heterocycles. The minimum atomic E-state index is -0.478. The normalized spacial score (nSPS) is 10.2. The number of carbonyl (C=O) groups excluding carboxylic acids is 1. The van der Waals surface area contributed by atoms with Gasteiger partial charge in [-0.1, -0.05) is 36.0 Å². The molecule has 0 atom stereocenters. The highest BCUT2D eigenvalue weighted by Gasteiger charge is 2.13. The van der Waals surface area contributed by atoms with Gasteiger partial charge in [-0.05, 0) is 36.8 Å². The van der Waals surface area contributed by atoms with E-state index in [0.717, 1.165) is 0 Å². The molecule has 0 aliphatic rings. The molecule has 0 saturated heterocycles. The predicted octanol–water partition coefficient (Wildman–Crippen LogP) is 3.67. The highest BCUT2D eigenvalue weighted by Crippen LogP contribution is 2.24. The number of nitrogens with two attached hydrogens (primary N) is 1. The van der Waals surface area contributed by atoms with Crippen LogP contribution in [-0.4, -0.2) is 10.9 Å². The van der Waals surface area contributed by atoms with Crippen molar-refractivity contribution in [2.24, 2.45) is 5.73 Å². The topological polar surface area (TPSA) is 55.1 Å². The molecule has 21 heavy (non-hydrogen) atoms. The Morgan fingerprint density at radius 3 is 2.67 bits per heavy atom. The second-order valence-corrected chi connectivity index (χ2v) is 5.32. The summed E-state index contributed by atoms with van der Waals surface area (Å²) in [5, 5.41) is 2.98. The molecule has 1 amide bonds. The fraction of sp³-hybridized carbons (Fsp3) is 0.0667. The summed E-state index contributed by atoms with van der Waals surface area (Å²) in [7, 11) is 0. The minimum Gasteiger partial charge on any atom is -0.389 e. The third-order valence-electron chi connectivity index (χ3n) is 2.94. The number of amides is 1. The van der Waals surface area contributed by atoms with Gasteiger partial charge in [0, 0.05) is 11.1 Å². The van der Waals surface area contributed by atoms with E-state index >= 15 is 0 Å². The summed E-state index contributed by atoms with van der Waals surface area (Å²) >= 11 is 10.9. The molecule has 0 bridgehead atoms. The SMILES string of the molecule is Cc1ccc(F)cc1C(=O)Nc1cc(C(N)=S)ccc1Cl. The van der Waals surface area contributed by atoms with Gasteiger partial charge in [-0.15, -0.1) is 0 Å². The maximum absolute atomic E-state index is 13.3. The number of hydrogen-bond acceptors (Lipinski definition) is 2. The van der Waals surface area contributed by atoms with Gasteiger partial charge < -0.3 is 11.1 Å². The first kappa shape index (κ1) is 15.4. The Kier molecular flexibility index (Phi) is 4.55. The molecular weight excluding hydrogens is 311 g/mol. The summed E-state index contributed by atoms with van der Waals surface area (Å²) in [5.41, 5.74) is 7.40. The molecule has 3 N–H and O–H groups in total. The van der Waals surface area contributed by atoms with Gasteiger partial charge in [0.25, 0.3) is 5.91 Å². The fourth-order valence-corrected chi connectivity index (χ4v) is 2.09. The lowest BCUT2D eigenvalue weighted by molar-refractivity contribution is 0.102. The Hall–Kier alpha value is -1.98. The molecule has 0 spiro atoms. The second kappa shape index (κ2) is 6.20. The average molecular weight is 323 g/mol. The monoisotopic (exact) mass is 322 g/mol. The van der Waals surface area contributed by atoms with Crippen LogP contribution in [0.15, 0.2) is 36.4 Å². The van der Waals surface area contributed by atoms with Crippen molar-refractivity contribution in [1.29, 1.82) is 0 Å². The maximum atomic E-state index is 13.3. The fourth-order valence-electron chi connectivity index (χ4n) is 1.80. The average Bonchev–Trinajstić information content (AvgIpc) is 2.43. The van der Waals surface area contributed by atoms with Gasteiger partial charge in [0.2, 0.25) is 0 Å². The zero-order valence-corrected chi connectivity index (χ0v) is 12.7. The van der Waals surface area contributed by atoms with Gasteiger partial charge in [-0.2, -0.15) is 0 Å². The lowest BCUT2D eigenvalue weighted by Crippen LogP contribution is -2.15. The zero-order valence-electron chi connectivity index (χ0n) is 11.1. The van der Waals surface area contributed by atoms with Crippen molar-refractivity contribution in [2.45, 2.75) is 6.92 Å². The maximum Gasteiger partial charge on any atom is 0.256 e. The summed E-state index contributed by atoms with van der Waals surface area (Å²) in [5.74, 6) is -0.928. The van der Waals surface area contributed by atoms with Crippen molar-refractivity contribution >= 4 is 40.4 Å². The number of halogens is 2. The molecule has 2 rings (SSSR count). The van der Waals surface area contributed by atoms with Crippen molar-refractivity contribution in [2.75, 3.05) is 5.32 Å². The van der Waals surface area contributed by atoms with Crippen LogP contribution in [0.4, 0.5) is 10.1 Å². The first-order valence-corrected chi connectivity index (χ1v) is 6.84. The van der Waals surface area contributed by atoms with Gasteiger partial charge in [0.15, 0.2) is 0 Å². The number of nitrogens with one attached hydrogen (secondary N) is 1. The molecule has 0 heterocycles. The molecule has 0 fully saturated rings. The Morgan fingerprint density at radius 2 is 2.00 bits per heavy atom. The quantitative estimate of drug-likeness (QED) is 0.848. The number of benzene rings is 2. The molecule has 0 saturated carbocycles. The van der Waals surface area contributed by atoms with Crippen molar-refractivity contribution in [3.8, 4) is 0 Å². The van der Waals surface area contributed by atoms with E-state index < -0.39 is 11.7 Å². The van der Waals surface area contributed by atoms with Gasteiger partial charge in [0.05, 0.1) is 10.7 Å². The molecule has 2 aromatic carbocycles. The highest BCUT2D eigenvalue weighted by molar-refractivity contribution is 7.80. The van der Waals surface area contributed by atoms with Crippen molar-refractivity contribution < 1.29 is 9.18 Å². The molecule has 3 nitrogen and oxygen atoms in total. The number of carbonyl (C=O) groups is 1. The van der Waals surface area contributed by atoms with Crippen LogP contribution >= 0.6 is 23.8 Å². The number of aryl methyl sites for hydroxylation is 1. The third kappa shape index (κ3) is 3.56. The Balaban J connectivity index is 2.33. The highest BCUT2D eigenvalue weighted by atomic mass is 35.5. The number of rotatable bonds is 3. The molecule has 2 aromatic rings. The van der Waals surface area contributed by atoms with Crippen molar-refractivity contribution in [1.82, 2.24) is 0 Å². The lowest BCUT2D eigenvalue weighted by atomic mass is 10.1. The number of hydrogen-bond donors (Lipinski definition) is 2. The summed E-state index contributed by atoms with van der Waals surface area (Å²) in [6, 6.07) is 8.84. The van der Waals surface area contributed by atoms with Crippen molar-refractivity contribution in [3.63, 3.8) is 0 Å². The van der Waals surface area contributed by atoms with E-state index in [1.54, 1.807) is 25.1 Å². The minimum absolute atomic E-state index is 0.198. The van der Waals surface area contributed by atoms with Gasteiger partial charge in [0.1, 0.15) is 10.8 Å². The largest absolute Gasteiger partial charge is 0.389 e. The standard InChI is InChI=1S/C15H12ClFN2OS/c1-8-2-4-10(17)7-11(8)15(20)19-13-6-9(14(18)21)3-5-12(13)16/h2-7H,1H3,(H2,18,21)(H,19,20). The third-order valence-corrected chi connectivity index (χ3v) is 3.51. The van der Waals surface area contributed by atoms with E-state index in [1.165, 1.54) is 18.2 Å². The number of thiocarbonyl (C=S) groups is 1. The Labute approximate surface area is 131 Å². The van der Waals surface area contributed by atoms with Crippen LogP contribution in [0.1, 0.15) is 21.5 Å².